The third-order valence-electron chi connectivity index (χ3n) is 14.2. The zero-order valence-electron chi connectivity index (χ0n) is 44.3. The van der Waals surface area contributed by atoms with E-state index < -0.39 is 12.1 Å². The number of ether oxygens (including phenoxy) is 1. The number of unbranched alkanes of at least 4 members (excludes halogenated alkanes) is 45. The number of aliphatic hydroxyl groups is 2. The van der Waals surface area contributed by atoms with Gasteiger partial charge in [0, 0.05) is 12.8 Å². The molecule has 0 radical (unpaired) electrons. The summed E-state index contributed by atoms with van der Waals surface area (Å²) in [5.41, 5.74) is 0. The number of nitrogens with one attached hydrogen (secondary N) is 1. The van der Waals surface area contributed by atoms with Gasteiger partial charge in [-0.05, 0) is 25.7 Å². The Morgan fingerprint density at radius 2 is 0.631 bits per heavy atom. The maximum absolute atomic E-state index is 12.5. The van der Waals surface area contributed by atoms with Crippen LogP contribution in [0.15, 0.2) is 0 Å². The maximum Gasteiger partial charge on any atom is 0.305 e. The molecule has 0 bridgehead atoms. The monoisotopic (exact) mass is 920 g/mol. The van der Waals surface area contributed by atoms with Crippen LogP contribution in [0.2, 0.25) is 0 Å². The van der Waals surface area contributed by atoms with Gasteiger partial charge in [-0.15, -0.1) is 0 Å². The Balaban J connectivity index is 3.41. The lowest BCUT2D eigenvalue weighted by Crippen LogP contribution is -2.45. The van der Waals surface area contributed by atoms with Gasteiger partial charge in [0.1, 0.15) is 0 Å². The first-order chi connectivity index (χ1) is 32.0. The molecule has 0 aromatic carbocycles. The molecule has 388 valence electrons. The van der Waals surface area contributed by atoms with Crippen LogP contribution in [0.25, 0.3) is 0 Å². The smallest absolute Gasteiger partial charge is 0.305 e. The van der Waals surface area contributed by atoms with Crippen molar-refractivity contribution in [1.82, 2.24) is 5.32 Å². The summed E-state index contributed by atoms with van der Waals surface area (Å²) in [4.78, 5) is 24.6. The summed E-state index contributed by atoms with van der Waals surface area (Å²) in [6.07, 6.45) is 63.8. The summed E-state index contributed by atoms with van der Waals surface area (Å²) in [6.45, 7) is 4.97. The number of carbonyl (C=O) groups excluding carboxylic acids is 2. The van der Waals surface area contributed by atoms with E-state index in [1.165, 1.54) is 263 Å². The van der Waals surface area contributed by atoms with Gasteiger partial charge in [0.2, 0.25) is 5.91 Å². The van der Waals surface area contributed by atoms with E-state index in [1.807, 2.05) is 0 Å². The predicted octanol–water partition coefficient (Wildman–Crippen LogP) is 18.3. The standard InChI is InChI=1S/C59H117NO5/c1-3-5-7-9-11-13-15-17-19-20-21-24-27-31-35-39-43-47-51-57(62)56(55-61)60-58(63)52-48-44-40-36-32-28-25-22-26-30-34-38-42-46-50-54-65-59(64)53-49-45-41-37-33-29-23-18-16-14-12-10-8-6-4-2/h56-57,61-62H,3-55H2,1-2H3,(H,60,63). The zero-order valence-corrected chi connectivity index (χ0v) is 44.3. The number of hydrogen-bond donors (Lipinski definition) is 3. The van der Waals surface area contributed by atoms with Crippen molar-refractivity contribution in [2.24, 2.45) is 0 Å². The van der Waals surface area contributed by atoms with Gasteiger partial charge in [-0.2, -0.15) is 0 Å². The topological polar surface area (TPSA) is 95.9 Å². The second-order valence-corrected chi connectivity index (χ2v) is 20.7. The summed E-state index contributed by atoms with van der Waals surface area (Å²) in [5.74, 6) is -0.0347. The van der Waals surface area contributed by atoms with E-state index >= 15 is 0 Å². The Morgan fingerprint density at radius 3 is 0.938 bits per heavy atom. The molecule has 3 N–H and O–H groups in total. The molecule has 0 aromatic rings. The highest BCUT2D eigenvalue weighted by Gasteiger charge is 2.20. The van der Waals surface area contributed by atoms with Crippen molar-refractivity contribution in [1.29, 1.82) is 0 Å². The van der Waals surface area contributed by atoms with Gasteiger partial charge in [0.15, 0.2) is 0 Å². The first kappa shape index (κ1) is 63.9. The average molecular weight is 921 g/mol. The molecule has 0 fully saturated rings. The summed E-state index contributed by atoms with van der Waals surface area (Å²) < 4.78 is 5.48. The molecule has 1 amide bonds. The molecule has 2 atom stereocenters. The zero-order chi connectivity index (χ0) is 47.2. The van der Waals surface area contributed by atoms with E-state index in [9.17, 15) is 19.8 Å². The molecule has 6 nitrogen and oxygen atoms in total. The summed E-state index contributed by atoms with van der Waals surface area (Å²) in [6, 6.07) is -0.547. The van der Waals surface area contributed by atoms with Crippen LogP contribution >= 0.6 is 0 Å². The minimum Gasteiger partial charge on any atom is -0.466 e. The number of aliphatic hydroxyl groups excluding tert-OH is 2. The summed E-state index contributed by atoms with van der Waals surface area (Å²) in [7, 11) is 0. The van der Waals surface area contributed by atoms with Gasteiger partial charge in [-0.25, -0.2) is 0 Å². The largest absolute Gasteiger partial charge is 0.466 e. The van der Waals surface area contributed by atoms with E-state index in [0.29, 0.717) is 25.9 Å². The highest BCUT2D eigenvalue weighted by molar-refractivity contribution is 5.76. The molecule has 0 aliphatic carbocycles. The molecular weight excluding hydrogens is 803 g/mol. The molecule has 0 heterocycles. The number of hydrogen-bond acceptors (Lipinski definition) is 5. The van der Waals surface area contributed by atoms with Crippen molar-refractivity contribution in [3.8, 4) is 0 Å². The van der Waals surface area contributed by atoms with E-state index in [0.717, 1.165) is 44.9 Å². The molecule has 0 aliphatic heterocycles. The highest BCUT2D eigenvalue weighted by atomic mass is 16.5. The SMILES string of the molecule is CCCCCCCCCCCCCCCCCCCCC(O)C(CO)NC(=O)CCCCCCCCCCCCCCCCCOC(=O)CCCCCCCCCCCCCCCCC. The molecule has 0 aliphatic rings. The first-order valence-electron chi connectivity index (χ1n) is 29.8. The van der Waals surface area contributed by atoms with E-state index in [1.54, 1.807) is 0 Å². The van der Waals surface area contributed by atoms with Gasteiger partial charge in [-0.1, -0.05) is 303 Å². The van der Waals surface area contributed by atoms with Crippen molar-refractivity contribution in [2.45, 2.75) is 353 Å². The van der Waals surface area contributed by atoms with Gasteiger partial charge >= 0.3 is 5.97 Å². The van der Waals surface area contributed by atoms with Crippen LogP contribution in [0.5, 0.6) is 0 Å². The molecule has 0 rings (SSSR count). The average Bonchev–Trinajstić information content (AvgIpc) is 3.31. The van der Waals surface area contributed by atoms with Crippen LogP contribution in [-0.2, 0) is 14.3 Å². The van der Waals surface area contributed by atoms with Gasteiger partial charge in [0.25, 0.3) is 0 Å². The Morgan fingerprint density at radius 1 is 0.369 bits per heavy atom. The predicted molar refractivity (Wildman–Crippen MR) is 283 cm³/mol. The highest BCUT2D eigenvalue weighted by Crippen LogP contribution is 2.18. The van der Waals surface area contributed by atoms with Gasteiger partial charge < -0.3 is 20.3 Å². The van der Waals surface area contributed by atoms with Gasteiger partial charge in [-0.3, -0.25) is 9.59 Å². The second-order valence-electron chi connectivity index (χ2n) is 20.7. The third kappa shape index (κ3) is 52.1. The van der Waals surface area contributed by atoms with Crippen LogP contribution in [0.4, 0.5) is 0 Å². The van der Waals surface area contributed by atoms with Crippen LogP contribution in [0.1, 0.15) is 341 Å². The molecule has 2 unspecified atom stereocenters. The maximum atomic E-state index is 12.5. The van der Waals surface area contributed by atoms with Crippen LogP contribution in [0.3, 0.4) is 0 Å². The van der Waals surface area contributed by atoms with Crippen molar-refractivity contribution < 1.29 is 24.5 Å². The molecule has 0 saturated heterocycles. The lowest BCUT2D eigenvalue weighted by Gasteiger charge is -2.22. The molecular formula is C59H117NO5. The molecule has 6 heteroatoms. The minimum absolute atomic E-state index is 0.00481. The summed E-state index contributed by atoms with van der Waals surface area (Å²) in [5, 5.41) is 23.3. The van der Waals surface area contributed by atoms with Crippen molar-refractivity contribution >= 4 is 11.9 Å². The van der Waals surface area contributed by atoms with E-state index in [4.69, 9.17) is 4.74 Å². The Labute approximate surface area is 406 Å². The lowest BCUT2D eigenvalue weighted by atomic mass is 10.0. The van der Waals surface area contributed by atoms with E-state index in [-0.39, 0.29) is 18.5 Å². The number of carbonyl (C=O) groups is 2. The van der Waals surface area contributed by atoms with Crippen LogP contribution in [-0.4, -0.2) is 47.4 Å². The van der Waals surface area contributed by atoms with Crippen molar-refractivity contribution in [3.05, 3.63) is 0 Å². The van der Waals surface area contributed by atoms with Crippen molar-refractivity contribution in [2.75, 3.05) is 13.2 Å². The Hall–Kier alpha value is -1.14. The normalized spacial score (nSPS) is 12.5. The Kier molecular flexibility index (Phi) is 54.5. The fourth-order valence-corrected chi connectivity index (χ4v) is 9.58. The van der Waals surface area contributed by atoms with E-state index in [2.05, 4.69) is 19.2 Å². The Bertz CT molecular complexity index is 928. The molecule has 0 spiro atoms. The molecule has 65 heavy (non-hydrogen) atoms. The summed E-state index contributed by atoms with van der Waals surface area (Å²) >= 11 is 0. The number of amides is 1. The second kappa shape index (κ2) is 55.5. The third-order valence-corrected chi connectivity index (χ3v) is 14.2. The first-order valence-corrected chi connectivity index (χ1v) is 29.8. The fraction of sp³-hybridized carbons (Fsp3) is 0.966. The lowest BCUT2D eigenvalue weighted by molar-refractivity contribution is -0.143. The number of rotatable bonds is 56. The van der Waals surface area contributed by atoms with Crippen LogP contribution in [0, 0.1) is 0 Å². The number of esters is 1. The van der Waals surface area contributed by atoms with Crippen LogP contribution < -0.4 is 5.32 Å². The fourth-order valence-electron chi connectivity index (χ4n) is 9.58. The molecule has 0 saturated carbocycles. The van der Waals surface area contributed by atoms with Gasteiger partial charge in [0.05, 0.1) is 25.4 Å². The minimum atomic E-state index is -0.669. The quantitative estimate of drug-likeness (QED) is 0.0417. The molecule has 0 aromatic heterocycles. The van der Waals surface area contributed by atoms with Crippen molar-refractivity contribution in [3.63, 3.8) is 0 Å².